The number of thioether (sulfide) groups is 1. The van der Waals surface area contributed by atoms with E-state index in [0.29, 0.717) is 5.56 Å². The molecule has 0 fully saturated rings. The van der Waals surface area contributed by atoms with Crippen LogP contribution in [0.2, 0.25) is 0 Å². The highest BCUT2D eigenvalue weighted by atomic mass is 79.9. The number of alkyl halides is 3. The molecule has 104 valence electrons. The molecule has 0 bridgehead atoms. The molecule has 0 aliphatic heterocycles. The van der Waals surface area contributed by atoms with Gasteiger partial charge in [-0.1, -0.05) is 46.3 Å². The first kappa shape index (κ1) is 15.1. The molecule has 0 radical (unpaired) electrons. The van der Waals surface area contributed by atoms with Gasteiger partial charge < -0.3 is 0 Å². The van der Waals surface area contributed by atoms with E-state index >= 15 is 0 Å². The van der Waals surface area contributed by atoms with Crippen LogP contribution in [-0.4, -0.2) is 5.12 Å². The van der Waals surface area contributed by atoms with E-state index in [9.17, 15) is 18.0 Å². The Morgan fingerprint density at radius 1 is 1.05 bits per heavy atom. The van der Waals surface area contributed by atoms with Crippen LogP contribution < -0.4 is 0 Å². The topological polar surface area (TPSA) is 17.1 Å². The number of halogens is 4. The Balaban J connectivity index is 2.26. The SMILES string of the molecule is O=C(Sc1cc(Br)cc(C(F)(F)F)c1)c1ccccc1. The van der Waals surface area contributed by atoms with E-state index in [4.69, 9.17) is 0 Å². The second-order valence-corrected chi connectivity index (χ2v) is 5.89. The number of rotatable bonds is 2. The lowest BCUT2D eigenvalue weighted by Gasteiger charge is -2.09. The lowest BCUT2D eigenvalue weighted by atomic mass is 10.2. The normalized spacial score (nSPS) is 11.4. The summed E-state index contributed by atoms with van der Waals surface area (Å²) in [6.45, 7) is 0. The number of benzene rings is 2. The molecule has 0 spiro atoms. The molecular formula is C14H8BrF3OS. The molecule has 2 aromatic carbocycles. The zero-order valence-corrected chi connectivity index (χ0v) is 12.3. The smallest absolute Gasteiger partial charge is 0.281 e. The van der Waals surface area contributed by atoms with Crippen molar-refractivity contribution in [3.8, 4) is 0 Å². The summed E-state index contributed by atoms with van der Waals surface area (Å²) in [5.74, 6) is 0. The number of carbonyl (C=O) groups excluding carboxylic acids is 1. The van der Waals surface area contributed by atoms with Crippen LogP contribution in [0.3, 0.4) is 0 Å². The quantitative estimate of drug-likeness (QED) is 0.667. The molecule has 0 aromatic heterocycles. The Hall–Kier alpha value is -1.27. The lowest BCUT2D eigenvalue weighted by Crippen LogP contribution is -2.05. The molecule has 0 saturated carbocycles. The second kappa shape index (κ2) is 6.01. The highest BCUT2D eigenvalue weighted by Gasteiger charge is 2.31. The Morgan fingerprint density at radius 3 is 2.30 bits per heavy atom. The van der Waals surface area contributed by atoms with Crippen LogP contribution in [-0.2, 0) is 6.18 Å². The largest absolute Gasteiger partial charge is 0.416 e. The Labute approximate surface area is 126 Å². The first-order chi connectivity index (χ1) is 9.36. The number of hydrogen-bond acceptors (Lipinski definition) is 2. The van der Waals surface area contributed by atoms with Crippen molar-refractivity contribution >= 4 is 32.8 Å². The van der Waals surface area contributed by atoms with Gasteiger partial charge in [0, 0.05) is 14.9 Å². The van der Waals surface area contributed by atoms with Crippen molar-refractivity contribution in [3.63, 3.8) is 0 Å². The van der Waals surface area contributed by atoms with Gasteiger partial charge in [0.2, 0.25) is 5.12 Å². The van der Waals surface area contributed by atoms with Crippen molar-refractivity contribution in [3.05, 3.63) is 64.1 Å². The fourth-order valence-electron chi connectivity index (χ4n) is 1.53. The minimum atomic E-state index is -4.44. The van der Waals surface area contributed by atoms with Crippen LogP contribution in [0.25, 0.3) is 0 Å². The van der Waals surface area contributed by atoms with Gasteiger partial charge in [-0.15, -0.1) is 0 Å². The maximum atomic E-state index is 12.7. The van der Waals surface area contributed by atoms with Crippen LogP contribution in [0.4, 0.5) is 13.2 Å². The summed E-state index contributed by atoms with van der Waals surface area (Å²) in [5.41, 5.74) is -0.332. The van der Waals surface area contributed by atoms with E-state index in [1.807, 2.05) is 0 Å². The summed E-state index contributed by atoms with van der Waals surface area (Å²) >= 11 is 3.80. The average Bonchev–Trinajstić information content (AvgIpc) is 2.38. The van der Waals surface area contributed by atoms with E-state index < -0.39 is 11.7 Å². The predicted octanol–water partition coefficient (Wildman–Crippen LogP) is 5.40. The molecular weight excluding hydrogens is 353 g/mol. The van der Waals surface area contributed by atoms with E-state index in [2.05, 4.69) is 15.9 Å². The summed E-state index contributed by atoms with van der Waals surface area (Å²) in [7, 11) is 0. The Bertz CT molecular complexity index is 626. The fourth-order valence-corrected chi connectivity index (χ4v) is 3.01. The zero-order valence-electron chi connectivity index (χ0n) is 9.95. The van der Waals surface area contributed by atoms with E-state index in [0.717, 1.165) is 23.9 Å². The molecule has 0 atom stereocenters. The molecule has 6 heteroatoms. The van der Waals surface area contributed by atoms with Crippen LogP contribution >= 0.6 is 27.7 Å². The summed E-state index contributed by atoms with van der Waals surface area (Å²) in [4.78, 5) is 12.2. The highest BCUT2D eigenvalue weighted by Crippen LogP contribution is 2.35. The Kier molecular flexibility index (Phi) is 4.55. The standard InChI is InChI=1S/C14H8BrF3OS/c15-11-6-10(14(16,17)18)7-12(8-11)20-13(19)9-4-2-1-3-5-9/h1-8H. The minimum Gasteiger partial charge on any atom is -0.281 e. The summed E-state index contributed by atoms with van der Waals surface area (Å²) in [5, 5.41) is -0.295. The van der Waals surface area contributed by atoms with Crippen molar-refractivity contribution in [2.75, 3.05) is 0 Å². The van der Waals surface area contributed by atoms with E-state index in [1.54, 1.807) is 30.3 Å². The molecule has 0 aliphatic carbocycles. The molecule has 0 saturated heterocycles. The predicted molar refractivity (Wildman–Crippen MR) is 75.8 cm³/mol. The monoisotopic (exact) mass is 360 g/mol. The third-order valence-corrected chi connectivity index (χ3v) is 3.77. The Morgan fingerprint density at radius 2 is 1.70 bits per heavy atom. The molecule has 0 heterocycles. The highest BCUT2D eigenvalue weighted by molar-refractivity contribution is 9.10. The van der Waals surface area contributed by atoms with Crippen molar-refractivity contribution < 1.29 is 18.0 Å². The minimum absolute atomic E-state index is 0.251. The van der Waals surface area contributed by atoms with Crippen molar-refractivity contribution in [2.45, 2.75) is 11.1 Å². The molecule has 1 nitrogen and oxygen atoms in total. The molecule has 0 N–H and O–H groups in total. The van der Waals surface area contributed by atoms with Gasteiger partial charge in [-0.2, -0.15) is 13.2 Å². The third-order valence-electron chi connectivity index (χ3n) is 2.42. The first-order valence-electron chi connectivity index (χ1n) is 5.51. The van der Waals surface area contributed by atoms with Gasteiger partial charge in [-0.25, -0.2) is 0 Å². The van der Waals surface area contributed by atoms with Gasteiger partial charge in [-0.3, -0.25) is 4.79 Å². The molecule has 2 aromatic rings. The average molecular weight is 361 g/mol. The molecule has 0 unspecified atom stereocenters. The van der Waals surface area contributed by atoms with Crippen LogP contribution in [0.5, 0.6) is 0 Å². The van der Waals surface area contributed by atoms with Gasteiger partial charge in [0.15, 0.2) is 0 Å². The number of carbonyl (C=O) groups is 1. The lowest BCUT2D eigenvalue weighted by molar-refractivity contribution is -0.137. The van der Waals surface area contributed by atoms with Gasteiger partial charge in [0.1, 0.15) is 0 Å². The number of hydrogen-bond donors (Lipinski definition) is 0. The van der Waals surface area contributed by atoms with Gasteiger partial charge in [0.05, 0.1) is 5.56 Å². The first-order valence-corrected chi connectivity index (χ1v) is 7.12. The summed E-state index contributed by atoms with van der Waals surface area (Å²) in [6, 6.07) is 11.9. The second-order valence-electron chi connectivity index (χ2n) is 3.93. The van der Waals surface area contributed by atoms with E-state index in [1.165, 1.54) is 6.07 Å². The molecule has 0 amide bonds. The fraction of sp³-hybridized carbons (Fsp3) is 0.0714. The summed E-state index contributed by atoms with van der Waals surface area (Å²) < 4.78 is 38.4. The van der Waals surface area contributed by atoms with Crippen LogP contribution in [0.1, 0.15) is 15.9 Å². The van der Waals surface area contributed by atoms with Crippen molar-refractivity contribution in [1.82, 2.24) is 0 Å². The molecule has 2 rings (SSSR count). The van der Waals surface area contributed by atoms with Gasteiger partial charge in [-0.05, 0) is 30.0 Å². The van der Waals surface area contributed by atoms with Gasteiger partial charge in [0.25, 0.3) is 0 Å². The molecule has 0 aliphatic rings. The maximum Gasteiger partial charge on any atom is 0.416 e. The summed E-state index contributed by atoms with van der Waals surface area (Å²) in [6.07, 6.45) is -4.44. The van der Waals surface area contributed by atoms with Crippen LogP contribution in [0.15, 0.2) is 57.9 Å². The van der Waals surface area contributed by atoms with E-state index in [-0.39, 0.29) is 14.5 Å². The van der Waals surface area contributed by atoms with Gasteiger partial charge >= 0.3 is 6.18 Å². The molecule has 20 heavy (non-hydrogen) atoms. The van der Waals surface area contributed by atoms with Crippen LogP contribution in [0, 0.1) is 0 Å². The maximum absolute atomic E-state index is 12.7. The van der Waals surface area contributed by atoms with Crippen molar-refractivity contribution in [1.29, 1.82) is 0 Å². The van der Waals surface area contributed by atoms with Crippen molar-refractivity contribution in [2.24, 2.45) is 0 Å². The zero-order chi connectivity index (χ0) is 14.8. The third kappa shape index (κ3) is 3.86.